The minimum atomic E-state index is -0.275. The van der Waals surface area contributed by atoms with Gasteiger partial charge in [-0.3, -0.25) is 4.79 Å². The zero-order chi connectivity index (χ0) is 19.2. The summed E-state index contributed by atoms with van der Waals surface area (Å²) in [5, 5.41) is 0. The highest BCUT2D eigenvalue weighted by molar-refractivity contribution is 5.77. The first-order chi connectivity index (χ1) is 13.1. The number of nitrogens with zero attached hydrogens (tertiary/aromatic N) is 2. The third-order valence-electron chi connectivity index (χ3n) is 4.67. The number of benzene rings is 2. The third-order valence-corrected chi connectivity index (χ3v) is 4.67. The van der Waals surface area contributed by atoms with Crippen molar-refractivity contribution >= 4 is 5.97 Å². The molecule has 0 aliphatic carbocycles. The third kappa shape index (κ3) is 4.27. The molecule has 1 aromatic heterocycles. The molecular formula is C23H26N2O2. The highest BCUT2D eigenvalue weighted by atomic mass is 16.5. The fourth-order valence-corrected chi connectivity index (χ4v) is 3.21. The molecule has 0 radical (unpaired) electrons. The van der Waals surface area contributed by atoms with Crippen molar-refractivity contribution in [3.8, 4) is 22.6 Å². The van der Waals surface area contributed by atoms with E-state index in [1.807, 2.05) is 18.2 Å². The van der Waals surface area contributed by atoms with Gasteiger partial charge in [0.25, 0.3) is 0 Å². The molecule has 0 amide bonds. The molecule has 2 aromatic carbocycles. The molecule has 0 spiro atoms. The van der Waals surface area contributed by atoms with Crippen molar-refractivity contribution in [3.63, 3.8) is 0 Å². The van der Waals surface area contributed by atoms with Crippen LogP contribution in [0.5, 0.6) is 0 Å². The van der Waals surface area contributed by atoms with Crippen LogP contribution in [0.1, 0.15) is 31.0 Å². The van der Waals surface area contributed by atoms with Gasteiger partial charge in [-0.05, 0) is 13.3 Å². The van der Waals surface area contributed by atoms with E-state index < -0.39 is 0 Å². The van der Waals surface area contributed by atoms with Gasteiger partial charge in [0.1, 0.15) is 5.82 Å². The van der Waals surface area contributed by atoms with Crippen molar-refractivity contribution in [2.75, 3.05) is 7.11 Å². The molecule has 0 atom stereocenters. The van der Waals surface area contributed by atoms with E-state index in [4.69, 9.17) is 9.72 Å². The first kappa shape index (κ1) is 18.9. The summed E-state index contributed by atoms with van der Waals surface area (Å²) in [6.07, 6.45) is 2.30. The fourth-order valence-electron chi connectivity index (χ4n) is 3.21. The molecule has 0 saturated heterocycles. The lowest BCUT2D eigenvalue weighted by molar-refractivity contribution is -0.139. The molecule has 0 saturated carbocycles. The number of esters is 1. The van der Waals surface area contributed by atoms with E-state index in [1.54, 1.807) is 0 Å². The van der Waals surface area contributed by atoms with Crippen LogP contribution in [0.3, 0.4) is 0 Å². The summed E-state index contributed by atoms with van der Waals surface area (Å²) >= 11 is 0. The Kier molecular flexibility index (Phi) is 6.07. The van der Waals surface area contributed by atoms with Crippen molar-refractivity contribution in [2.24, 2.45) is 0 Å². The lowest BCUT2D eigenvalue weighted by Gasteiger charge is -2.13. The Morgan fingerprint density at radius 3 is 2.37 bits per heavy atom. The average molecular weight is 362 g/mol. The first-order valence-corrected chi connectivity index (χ1v) is 9.42. The summed E-state index contributed by atoms with van der Waals surface area (Å²) in [7, 11) is 1.42. The van der Waals surface area contributed by atoms with Crippen LogP contribution in [-0.2, 0) is 22.5 Å². The van der Waals surface area contributed by atoms with Gasteiger partial charge in [-0.15, -0.1) is 0 Å². The number of carbonyl (C=O) groups excluding carboxylic acids is 1. The minimum absolute atomic E-state index is 0.165. The van der Waals surface area contributed by atoms with Crippen molar-refractivity contribution in [3.05, 3.63) is 65.9 Å². The monoisotopic (exact) mass is 362 g/mol. The largest absolute Gasteiger partial charge is 0.469 e. The zero-order valence-electron chi connectivity index (χ0n) is 16.2. The number of methoxy groups -OCH3 is 1. The molecule has 0 aliphatic heterocycles. The van der Waals surface area contributed by atoms with Crippen LogP contribution in [-0.4, -0.2) is 22.6 Å². The molecular weight excluding hydrogens is 336 g/mol. The topological polar surface area (TPSA) is 44.1 Å². The number of aromatic nitrogens is 2. The second kappa shape index (κ2) is 8.67. The van der Waals surface area contributed by atoms with Gasteiger partial charge in [-0.1, -0.05) is 73.5 Å². The van der Waals surface area contributed by atoms with Gasteiger partial charge in [0, 0.05) is 17.7 Å². The van der Waals surface area contributed by atoms with Crippen molar-refractivity contribution in [1.82, 2.24) is 9.55 Å². The van der Waals surface area contributed by atoms with Crippen molar-refractivity contribution in [2.45, 2.75) is 39.7 Å². The van der Waals surface area contributed by atoms with Crippen LogP contribution >= 0.6 is 0 Å². The molecule has 3 aromatic rings. The standard InChI is InChI=1S/C23H26N2O2/c1-4-5-15-25-22(18-9-7-6-8-10-18)20(16-21(26)27-3)24-23(25)19-13-11-17(2)12-14-19/h6-14H,4-5,15-16H2,1-3H3. The summed E-state index contributed by atoms with van der Waals surface area (Å²) in [6, 6.07) is 18.5. The summed E-state index contributed by atoms with van der Waals surface area (Å²) in [5.41, 5.74) is 5.11. The molecule has 140 valence electrons. The summed E-state index contributed by atoms with van der Waals surface area (Å²) in [5.74, 6) is 0.629. The van der Waals surface area contributed by atoms with E-state index in [0.29, 0.717) is 0 Å². The van der Waals surface area contributed by atoms with Crippen molar-refractivity contribution < 1.29 is 9.53 Å². The van der Waals surface area contributed by atoms with Crippen LogP contribution in [0.2, 0.25) is 0 Å². The van der Waals surface area contributed by atoms with Gasteiger partial charge in [0.15, 0.2) is 0 Å². The van der Waals surface area contributed by atoms with E-state index in [-0.39, 0.29) is 12.4 Å². The Bertz CT molecular complexity index is 896. The molecule has 3 rings (SSSR count). The van der Waals surface area contributed by atoms with E-state index in [1.165, 1.54) is 12.7 Å². The summed E-state index contributed by atoms with van der Waals surface area (Å²) < 4.78 is 7.16. The molecule has 0 bridgehead atoms. The maximum Gasteiger partial charge on any atom is 0.311 e. The smallest absolute Gasteiger partial charge is 0.311 e. The molecule has 0 N–H and O–H groups in total. The predicted molar refractivity (Wildman–Crippen MR) is 108 cm³/mol. The number of unbranched alkanes of at least 4 members (excludes halogenated alkanes) is 1. The van der Waals surface area contributed by atoms with Crippen LogP contribution in [0.4, 0.5) is 0 Å². The van der Waals surface area contributed by atoms with Gasteiger partial charge < -0.3 is 9.30 Å². The second-order valence-electron chi connectivity index (χ2n) is 6.72. The van der Waals surface area contributed by atoms with Crippen molar-refractivity contribution in [1.29, 1.82) is 0 Å². The number of imidazole rings is 1. The molecule has 27 heavy (non-hydrogen) atoms. The minimum Gasteiger partial charge on any atom is -0.469 e. The van der Waals surface area contributed by atoms with E-state index in [2.05, 4.69) is 54.8 Å². The van der Waals surface area contributed by atoms with Crippen LogP contribution in [0.25, 0.3) is 22.6 Å². The van der Waals surface area contributed by atoms with E-state index in [9.17, 15) is 4.79 Å². The van der Waals surface area contributed by atoms with Gasteiger partial charge in [0.2, 0.25) is 0 Å². The molecule has 1 heterocycles. The molecule has 0 unspecified atom stereocenters. The van der Waals surface area contributed by atoms with E-state index >= 15 is 0 Å². The Balaban J connectivity index is 2.20. The van der Waals surface area contributed by atoms with Crippen LogP contribution in [0, 0.1) is 6.92 Å². The predicted octanol–water partition coefficient (Wildman–Crippen LogP) is 5.04. The normalized spacial score (nSPS) is 10.8. The number of hydrogen-bond donors (Lipinski definition) is 0. The highest BCUT2D eigenvalue weighted by Crippen LogP contribution is 2.31. The average Bonchev–Trinajstić information content (AvgIpc) is 3.05. The van der Waals surface area contributed by atoms with Gasteiger partial charge >= 0.3 is 5.97 Å². The molecule has 0 fully saturated rings. The fraction of sp³-hybridized carbons (Fsp3) is 0.304. The van der Waals surface area contributed by atoms with Gasteiger partial charge in [-0.25, -0.2) is 4.98 Å². The summed E-state index contributed by atoms with van der Waals surface area (Å²) in [6.45, 7) is 5.11. The molecule has 4 nitrogen and oxygen atoms in total. The Morgan fingerprint density at radius 1 is 1.04 bits per heavy atom. The molecule has 0 aliphatic rings. The lowest BCUT2D eigenvalue weighted by Crippen LogP contribution is -2.07. The Hall–Kier alpha value is -2.88. The quantitative estimate of drug-likeness (QED) is 0.553. The Labute approximate surface area is 160 Å². The summed E-state index contributed by atoms with van der Waals surface area (Å²) in [4.78, 5) is 16.9. The number of ether oxygens (including phenoxy) is 1. The van der Waals surface area contributed by atoms with E-state index in [0.717, 1.165) is 47.7 Å². The molecule has 4 heteroatoms. The maximum absolute atomic E-state index is 12.0. The number of carbonyl (C=O) groups is 1. The Morgan fingerprint density at radius 2 is 1.74 bits per heavy atom. The van der Waals surface area contributed by atoms with Gasteiger partial charge in [-0.2, -0.15) is 0 Å². The van der Waals surface area contributed by atoms with Crippen LogP contribution < -0.4 is 0 Å². The SMILES string of the molecule is CCCCn1c(-c2ccc(C)cc2)nc(CC(=O)OC)c1-c1ccccc1. The highest BCUT2D eigenvalue weighted by Gasteiger charge is 2.21. The van der Waals surface area contributed by atoms with Gasteiger partial charge in [0.05, 0.1) is 24.9 Å². The first-order valence-electron chi connectivity index (χ1n) is 9.42. The second-order valence-corrected chi connectivity index (χ2v) is 6.72. The number of hydrogen-bond acceptors (Lipinski definition) is 3. The maximum atomic E-state index is 12.0. The zero-order valence-corrected chi connectivity index (χ0v) is 16.2. The number of rotatable bonds is 7. The number of aryl methyl sites for hydroxylation is 1. The lowest BCUT2D eigenvalue weighted by atomic mass is 10.1. The van der Waals surface area contributed by atoms with Crippen LogP contribution in [0.15, 0.2) is 54.6 Å².